The number of nitrogens with zero attached hydrogens (tertiary/aromatic N) is 2. The van der Waals surface area contributed by atoms with E-state index >= 15 is 0 Å². The maximum atomic E-state index is 11.9. The zero-order valence-electron chi connectivity index (χ0n) is 11.0. The standard InChI is InChI=1S/C13H14BrN3OS/c1-7-4-12(15-6-10(7)14)17-13(18)5-11-8(2)19-9(3)16-11/h4,6H,5H2,1-3H3,(H,15,17,18). The van der Waals surface area contributed by atoms with E-state index in [2.05, 4.69) is 31.2 Å². The van der Waals surface area contributed by atoms with Crippen LogP contribution in [0.3, 0.4) is 0 Å². The summed E-state index contributed by atoms with van der Waals surface area (Å²) in [5, 5.41) is 3.77. The van der Waals surface area contributed by atoms with Gasteiger partial charge in [0.25, 0.3) is 0 Å². The summed E-state index contributed by atoms with van der Waals surface area (Å²) in [5.41, 5.74) is 1.87. The average Bonchev–Trinajstić information content (AvgIpc) is 2.62. The molecule has 2 aromatic heterocycles. The van der Waals surface area contributed by atoms with Gasteiger partial charge in [0, 0.05) is 15.5 Å². The van der Waals surface area contributed by atoms with Crippen molar-refractivity contribution in [3.63, 3.8) is 0 Å². The Morgan fingerprint density at radius 1 is 1.42 bits per heavy atom. The van der Waals surface area contributed by atoms with Crippen LogP contribution in [0.25, 0.3) is 0 Å². The fraction of sp³-hybridized carbons (Fsp3) is 0.308. The first-order valence-electron chi connectivity index (χ1n) is 5.80. The molecule has 6 heteroatoms. The number of rotatable bonds is 3. The molecule has 0 unspecified atom stereocenters. The van der Waals surface area contributed by atoms with Crippen molar-refractivity contribution in [3.8, 4) is 0 Å². The van der Waals surface area contributed by atoms with Gasteiger partial charge in [0.15, 0.2) is 0 Å². The van der Waals surface area contributed by atoms with Crippen molar-refractivity contribution in [2.24, 2.45) is 0 Å². The van der Waals surface area contributed by atoms with Gasteiger partial charge in [0.1, 0.15) is 5.82 Å². The number of aryl methyl sites for hydroxylation is 3. The number of anilines is 1. The molecular formula is C13H14BrN3OS. The molecule has 0 saturated heterocycles. The van der Waals surface area contributed by atoms with E-state index < -0.39 is 0 Å². The van der Waals surface area contributed by atoms with Crippen molar-refractivity contribution in [1.29, 1.82) is 0 Å². The highest BCUT2D eigenvalue weighted by atomic mass is 79.9. The maximum Gasteiger partial charge on any atom is 0.231 e. The Kier molecular flexibility index (Phi) is 4.31. The third-order valence-electron chi connectivity index (χ3n) is 2.64. The monoisotopic (exact) mass is 339 g/mol. The molecule has 2 rings (SSSR count). The minimum atomic E-state index is -0.0948. The van der Waals surface area contributed by atoms with Gasteiger partial charge >= 0.3 is 0 Å². The number of aromatic nitrogens is 2. The van der Waals surface area contributed by atoms with Gasteiger partial charge in [-0.05, 0) is 48.3 Å². The van der Waals surface area contributed by atoms with E-state index in [0.29, 0.717) is 5.82 Å². The Balaban J connectivity index is 2.05. The predicted molar refractivity (Wildman–Crippen MR) is 80.6 cm³/mol. The van der Waals surface area contributed by atoms with Crippen LogP contribution in [-0.4, -0.2) is 15.9 Å². The van der Waals surface area contributed by atoms with Crippen molar-refractivity contribution >= 4 is 39.0 Å². The fourth-order valence-electron chi connectivity index (χ4n) is 1.68. The lowest BCUT2D eigenvalue weighted by Gasteiger charge is -2.05. The molecule has 0 saturated carbocycles. The number of thiazole rings is 1. The number of carbonyl (C=O) groups excluding carboxylic acids is 1. The molecule has 0 aromatic carbocycles. The van der Waals surface area contributed by atoms with Crippen LogP contribution in [0.4, 0.5) is 5.82 Å². The summed E-state index contributed by atoms with van der Waals surface area (Å²) < 4.78 is 0.927. The summed E-state index contributed by atoms with van der Waals surface area (Å²) in [7, 11) is 0. The summed E-state index contributed by atoms with van der Waals surface area (Å²) in [4.78, 5) is 21.5. The minimum Gasteiger partial charge on any atom is -0.310 e. The Morgan fingerprint density at radius 3 is 2.74 bits per heavy atom. The Labute approximate surface area is 124 Å². The maximum absolute atomic E-state index is 11.9. The first kappa shape index (κ1) is 14.1. The van der Waals surface area contributed by atoms with E-state index in [1.54, 1.807) is 17.5 Å². The number of hydrogen-bond acceptors (Lipinski definition) is 4. The summed E-state index contributed by atoms with van der Waals surface area (Å²) in [6, 6.07) is 1.83. The highest BCUT2D eigenvalue weighted by molar-refractivity contribution is 9.10. The lowest BCUT2D eigenvalue weighted by Crippen LogP contribution is -2.16. The highest BCUT2D eigenvalue weighted by Crippen LogP contribution is 2.19. The molecule has 1 amide bonds. The SMILES string of the molecule is Cc1nc(CC(=O)Nc2cc(C)c(Br)cn2)c(C)s1. The van der Waals surface area contributed by atoms with Crippen molar-refractivity contribution in [2.45, 2.75) is 27.2 Å². The zero-order chi connectivity index (χ0) is 14.0. The minimum absolute atomic E-state index is 0.0948. The Bertz CT molecular complexity index is 624. The van der Waals surface area contributed by atoms with Gasteiger partial charge in [0.2, 0.25) is 5.91 Å². The van der Waals surface area contributed by atoms with Gasteiger partial charge in [-0.3, -0.25) is 4.79 Å². The van der Waals surface area contributed by atoms with Crippen molar-refractivity contribution in [3.05, 3.63) is 37.9 Å². The second kappa shape index (κ2) is 5.79. The molecule has 19 heavy (non-hydrogen) atoms. The normalized spacial score (nSPS) is 10.5. The van der Waals surface area contributed by atoms with Crippen LogP contribution in [0.15, 0.2) is 16.7 Å². The van der Waals surface area contributed by atoms with E-state index in [0.717, 1.165) is 25.6 Å². The number of nitrogens with one attached hydrogen (secondary N) is 1. The lowest BCUT2D eigenvalue weighted by molar-refractivity contribution is -0.115. The molecule has 0 bridgehead atoms. The highest BCUT2D eigenvalue weighted by Gasteiger charge is 2.11. The van der Waals surface area contributed by atoms with Gasteiger partial charge in [0.05, 0.1) is 17.1 Å². The molecule has 0 aliphatic rings. The smallest absolute Gasteiger partial charge is 0.231 e. The molecule has 100 valence electrons. The predicted octanol–water partition coefficient (Wildman–Crippen LogP) is 3.41. The van der Waals surface area contributed by atoms with E-state index in [1.165, 1.54) is 0 Å². The molecule has 0 aliphatic carbocycles. The first-order valence-corrected chi connectivity index (χ1v) is 7.41. The topological polar surface area (TPSA) is 54.9 Å². The van der Waals surface area contributed by atoms with Crippen LogP contribution < -0.4 is 5.32 Å². The fourth-order valence-corrected chi connectivity index (χ4v) is 2.73. The second-order valence-electron chi connectivity index (χ2n) is 4.28. The van der Waals surface area contributed by atoms with Crippen LogP contribution >= 0.6 is 27.3 Å². The van der Waals surface area contributed by atoms with Crippen LogP contribution in [0.2, 0.25) is 0 Å². The molecule has 0 atom stereocenters. The molecule has 0 radical (unpaired) electrons. The lowest BCUT2D eigenvalue weighted by atomic mass is 10.2. The molecule has 0 aliphatic heterocycles. The Hall–Kier alpha value is -1.27. The van der Waals surface area contributed by atoms with Crippen molar-refractivity contribution in [2.75, 3.05) is 5.32 Å². The molecule has 0 fully saturated rings. The van der Waals surface area contributed by atoms with E-state index in [9.17, 15) is 4.79 Å². The van der Waals surface area contributed by atoms with E-state index in [4.69, 9.17) is 0 Å². The third kappa shape index (κ3) is 3.61. The van der Waals surface area contributed by atoms with Crippen LogP contribution in [0.1, 0.15) is 21.1 Å². The molecule has 4 nitrogen and oxygen atoms in total. The number of halogens is 1. The van der Waals surface area contributed by atoms with Crippen molar-refractivity contribution < 1.29 is 4.79 Å². The molecular weight excluding hydrogens is 326 g/mol. The number of pyridine rings is 1. The summed E-state index contributed by atoms with van der Waals surface area (Å²) in [5.74, 6) is 0.470. The van der Waals surface area contributed by atoms with Gasteiger partial charge in [-0.2, -0.15) is 0 Å². The molecule has 1 N–H and O–H groups in total. The van der Waals surface area contributed by atoms with Gasteiger partial charge in [-0.1, -0.05) is 0 Å². The van der Waals surface area contributed by atoms with Crippen LogP contribution in [-0.2, 0) is 11.2 Å². The molecule has 2 aromatic rings. The van der Waals surface area contributed by atoms with Crippen LogP contribution in [0.5, 0.6) is 0 Å². The number of amides is 1. The summed E-state index contributed by atoms with van der Waals surface area (Å²) in [6.07, 6.45) is 1.97. The molecule has 0 spiro atoms. The van der Waals surface area contributed by atoms with Gasteiger partial charge < -0.3 is 5.32 Å². The summed E-state index contributed by atoms with van der Waals surface area (Å²) >= 11 is 4.99. The molecule has 2 heterocycles. The van der Waals surface area contributed by atoms with E-state index in [1.807, 2.05) is 26.8 Å². The zero-order valence-corrected chi connectivity index (χ0v) is 13.4. The number of hydrogen-bond donors (Lipinski definition) is 1. The van der Waals surface area contributed by atoms with Gasteiger partial charge in [-0.25, -0.2) is 9.97 Å². The Morgan fingerprint density at radius 2 is 2.16 bits per heavy atom. The first-order chi connectivity index (χ1) is 8.95. The van der Waals surface area contributed by atoms with Gasteiger partial charge in [-0.15, -0.1) is 11.3 Å². The quantitative estimate of drug-likeness (QED) is 0.932. The van der Waals surface area contributed by atoms with Crippen LogP contribution in [0, 0.1) is 20.8 Å². The number of carbonyl (C=O) groups is 1. The van der Waals surface area contributed by atoms with E-state index in [-0.39, 0.29) is 12.3 Å². The summed E-state index contributed by atoms with van der Waals surface area (Å²) in [6.45, 7) is 5.88. The van der Waals surface area contributed by atoms with Crippen molar-refractivity contribution in [1.82, 2.24) is 9.97 Å². The third-order valence-corrected chi connectivity index (χ3v) is 4.40. The average molecular weight is 340 g/mol. The largest absolute Gasteiger partial charge is 0.310 e. The second-order valence-corrected chi connectivity index (χ2v) is 6.54.